The lowest BCUT2D eigenvalue weighted by molar-refractivity contribution is -0.143. The van der Waals surface area contributed by atoms with Crippen LogP contribution in [0.1, 0.15) is 69.7 Å². The van der Waals surface area contributed by atoms with Crippen molar-refractivity contribution in [1.82, 2.24) is 10.6 Å². The number of carboxylic acids is 1. The van der Waals surface area contributed by atoms with Gasteiger partial charge in [0, 0.05) is 33.9 Å². The fourth-order valence-corrected chi connectivity index (χ4v) is 4.48. The summed E-state index contributed by atoms with van der Waals surface area (Å²) in [5.74, 6) is -2.39. The van der Waals surface area contributed by atoms with E-state index in [-0.39, 0.29) is 30.7 Å². The minimum absolute atomic E-state index is 0.0295. The van der Waals surface area contributed by atoms with E-state index >= 15 is 0 Å². The second-order valence-corrected chi connectivity index (χ2v) is 10.7. The van der Waals surface area contributed by atoms with E-state index in [9.17, 15) is 24.3 Å². The first kappa shape index (κ1) is 28.0. The summed E-state index contributed by atoms with van der Waals surface area (Å²) in [6.07, 6.45) is 2.43. The Kier molecular flexibility index (Phi) is 8.15. The lowest BCUT2D eigenvalue weighted by Gasteiger charge is -2.20. The van der Waals surface area contributed by atoms with E-state index < -0.39 is 29.5 Å². The molecule has 0 saturated heterocycles. The van der Waals surface area contributed by atoms with Crippen LogP contribution in [0.3, 0.4) is 0 Å². The summed E-state index contributed by atoms with van der Waals surface area (Å²) in [4.78, 5) is 48.8. The van der Waals surface area contributed by atoms with Crippen LogP contribution in [0.15, 0.2) is 26.0 Å². The van der Waals surface area contributed by atoms with Crippen molar-refractivity contribution in [2.45, 2.75) is 79.2 Å². The van der Waals surface area contributed by atoms with Crippen LogP contribution in [0.2, 0.25) is 0 Å². The van der Waals surface area contributed by atoms with E-state index in [0.717, 1.165) is 27.5 Å². The van der Waals surface area contributed by atoms with Gasteiger partial charge in [-0.1, -0.05) is 41.0 Å². The Hall–Kier alpha value is -3.62. The maximum atomic E-state index is 12.8. The van der Waals surface area contributed by atoms with Gasteiger partial charge in [-0.3, -0.25) is 9.59 Å². The van der Waals surface area contributed by atoms with Crippen molar-refractivity contribution in [2.24, 2.45) is 5.92 Å². The number of aryl methyl sites for hydroxylation is 2. The minimum atomic E-state index is -1.12. The highest BCUT2D eigenvalue weighted by Gasteiger charge is 2.26. The quantitative estimate of drug-likeness (QED) is 0.367. The summed E-state index contributed by atoms with van der Waals surface area (Å²) in [6, 6.07) is 0.952. The van der Waals surface area contributed by atoms with Gasteiger partial charge >= 0.3 is 11.6 Å². The van der Waals surface area contributed by atoms with Crippen molar-refractivity contribution < 1.29 is 28.3 Å². The smallest absolute Gasteiger partial charge is 0.339 e. The number of benzene rings is 1. The summed E-state index contributed by atoms with van der Waals surface area (Å²) in [5.41, 5.74) is 3.42. The van der Waals surface area contributed by atoms with Gasteiger partial charge in [-0.05, 0) is 43.2 Å². The van der Waals surface area contributed by atoms with Gasteiger partial charge in [0.2, 0.25) is 11.8 Å². The van der Waals surface area contributed by atoms with Crippen LogP contribution in [0.25, 0.3) is 21.9 Å². The number of rotatable bonds is 9. The van der Waals surface area contributed by atoms with E-state index in [1.54, 1.807) is 13.2 Å². The average molecular weight is 513 g/mol. The summed E-state index contributed by atoms with van der Waals surface area (Å²) < 4.78 is 11.5. The largest absolute Gasteiger partial charge is 0.480 e. The Bertz CT molecular complexity index is 1410. The molecule has 0 fully saturated rings. The molecule has 1 aromatic carbocycles. The first-order valence-electron chi connectivity index (χ1n) is 12.5. The van der Waals surface area contributed by atoms with Crippen LogP contribution in [-0.4, -0.2) is 35.5 Å². The predicted octanol–water partition coefficient (Wildman–Crippen LogP) is 4.12. The zero-order valence-corrected chi connectivity index (χ0v) is 22.5. The van der Waals surface area contributed by atoms with E-state index in [2.05, 4.69) is 31.4 Å². The van der Waals surface area contributed by atoms with Gasteiger partial charge in [0.05, 0.1) is 12.8 Å². The number of furan rings is 1. The lowest BCUT2D eigenvalue weighted by atomic mass is 9.86. The molecule has 3 N–H and O–H groups in total. The maximum absolute atomic E-state index is 12.8. The minimum Gasteiger partial charge on any atom is -0.480 e. The third kappa shape index (κ3) is 5.87. The molecule has 0 radical (unpaired) electrons. The molecule has 0 spiro atoms. The molecule has 2 amide bonds. The molecule has 37 heavy (non-hydrogen) atoms. The summed E-state index contributed by atoms with van der Waals surface area (Å²) >= 11 is 0. The Balaban J connectivity index is 1.76. The van der Waals surface area contributed by atoms with E-state index in [1.807, 2.05) is 26.8 Å². The van der Waals surface area contributed by atoms with Crippen LogP contribution in [-0.2, 0) is 26.2 Å². The number of aliphatic carboxylic acids is 1. The van der Waals surface area contributed by atoms with Crippen molar-refractivity contribution in [2.75, 3.05) is 6.54 Å². The number of carbonyl (C=O) groups is 3. The predicted molar refractivity (Wildman–Crippen MR) is 141 cm³/mol. The highest BCUT2D eigenvalue weighted by molar-refractivity contribution is 6.00. The Labute approximate surface area is 215 Å². The normalized spacial score (nSPS) is 13.5. The molecule has 200 valence electrons. The number of carbonyl (C=O) groups excluding carboxylic acids is 2. The fraction of sp³-hybridized carbons (Fsp3) is 0.500. The summed E-state index contributed by atoms with van der Waals surface area (Å²) in [7, 11) is 0. The number of amides is 2. The zero-order chi connectivity index (χ0) is 27.7. The van der Waals surface area contributed by atoms with E-state index in [1.165, 1.54) is 0 Å². The van der Waals surface area contributed by atoms with E-state index in [0.29, 0.717) is 23.2 Å². The third-order valence-corrected chi connectivity index (χ3v) is 6.99. The Morgan fingerprint density at radius 1 is 1.05 bits per heavy atom. The van der Waals surface area contributed by atoms with Gasteiger partial charge in [-0.15, -0.1) is 0 Å². The third-order valence-electron chi connectivity index (χ3n) is 6.99. The van der Waals surface area contributed by atoms with E-state index in [4.69, 9.17) is 8.83 Å². The average Bonchev–Trinajstić information content (AvgIpc) is 3.26. The molecule has 2 atom stereocenters. The lowest BCUT2D eigenvalue weighted by Crippen LogP contribution is -2.48. The van der Waals surface area contributed by atoms with Crippen LogP contribution in [0, 0.1) is 19.8 Å². The molecule has 0 aliphatic carbocycles. The molecular weight excluding hydrogens is 476 g/mol. The first-order chi connectivity index (χ1) is 17.3. The topological polar surface area (TPSA) is 139 Å². The molecule has 0 aliphatic heterocycles. The molecule has 9 nitrogen and oxygen atoms in total. The zero-order valence-electron chi connectivity index (χ0n) is 22.5. The van der Waals surface area contributed by atoms with Crippen LogP contribution in [0.5, 0.6) is 0 Å². The maximum Gasteiger partial charge on any atom is 0.339 e. The summed E-state index contributed by atoms with van der Waals surface area (Å²) in [5, 5.41) is 16.0. The van der Waals surface area contributed by atoms with Crippen molar-refractivity contribution in [3.05, 3.63) is 45.0 Å². The van der Waals surface area contributed by atoms with Crippen molar-refractivity contribution in [3.8, 4) is 0 Å². The second kappa shape index (κ2) is 10.8. The molecule has 9 heteroatoms. The molecular formula is C28H36N2O7. The van der Waals surface area contributed by atoms with Crippen molar-refractivity contribution in [3.63, 3.8) is 0 Å². The van der Waals surface area contributed by atoms with Crippen LogP contribution < -0.4 is 16.3 Å². The number of nitrogens with one attached hydrogen (secondary N) is 2. The van der Waals surface area contributed by atoms with Gasteiger partial charge in [0.15, 0.2) is 0 Å². The standard InChI is InChI=1S/C28H36N2O7/c1-8-14(2)23(26(33)34)30-22(32)12-29-21(31)10-9-17-15(3)18-11-19-20(28(5,6)7)13-36-24(19)16(4)25(18)37-27(17)35/h11,13-14,23H,8-10,12H2,1-7H3,(H,29,31)(H,30,32)(H,33,34). The molecule has 2 aromatic heterocycles. The van der Waals surface area contributed by atoms with Gasteiger partial charge < -0.3 is 24.6 Å². The van der Waals surface area contributed by atoms with Gasteiger partial charge in [-0.25, -0.2) is 9.59 Å². The Morgan fingerprint density at radius 2 is 1.73 bits per heavy atom. The molecule has 3 rings (SSSR count). The first-order valence-corrected chi connectivity index (χ1v) is 12.5. The van der Waals surface area contributed by atoms with Gasteiger partial charge in [-0.2, -0.15) is 0 Å². The number of hydrogen-bond acceptors (Lipinski definition) is 6. The molecule has 3 aromatic rings. The SMILES string of the molecule is CCC(C)C(NC(=O)CNC(=O)CCc1c(C)c2cc3c(C(C)(C)C)coc3c(C)c2oc1=O)C(=O)O. The van der Waals surface area contributed by atoms with Crippen LogP contribution >= 0.6 is 0 Å². The molecule has 2 heterocycles. The molecule has 0 bridgehead atoms. The highest BCUT2D eigenvalue weighted by atomic mass is 16.4. The van der Waals surface area contributed by atoms with Gasteiger partial charge in [0.1, 0.15) is 17.2 Å². The second-order valence-electron chi connectivity index (χ2n) is 10.7. The highest BCUT2D eigenvalue weighted by Crippen LogP contribution is 2.37. The monoisotopic (exact) mass is 512 g/mol. The van der Waals surface area contributed by atoms with Crippen molar-refractivity contribution in [1.29, 1.82) is 0 Å². The molecule has 0 aliphatic rings. The molecule has 0 saturated carbocycles. The summed E-state index contributed by atoms with van der Waals surface area (Å²) in [6.45, 7) is 13.2. The van der Waals surface area contributed by atoms with Crippen molar-refractivity contribution >= 4 is 39.7 Å². The number of hydrogen-bond donors (Lipinski definition) is 3. The number of fused-ring (bicyclic) bond motifs is 2. The molecule has 2 unspecified atom stereocenters. The van der Waals surface area contributed by atoms with Gasteiger partial charge in [0.25, 0.3) is 0 Å². The Morgan fingerprint density at radius 3 is 2.32 bits per heavy atom. The number of carboxylic acid groups (broad SMARTS) is 1. The fourth-order valence-electron chi connectivity index (χ4n) is 4.48. The van der Waals surface area contributed by atoms with Crippen LogP contribution in [0.4, 0.5) is 0 Å².